The van der Waals surface area contributed by atoms with Crippen LogP contribution >= 0.6 is 0 Å². The first-order chi connectivity index (χ1) is 11.0. The summed E-state index contributed by atoms with van der Waals surface area (Å²) in [6, 6.07) is 4.53. The summed E-state index contributed by atoms with van der Waals surface area (Å²) >= 11 is 0. The second-order valence-corrected chi connectivity index (χ2v) is 5.38. The van der Waals surface area contributed by atoms with Crippen molar-refractivity contribution in [3.8, 4) is 5.75 Å². The highest BCUT2D eigenvalue weighted by atomic mass is 16.5. The van der Waals surface area contributed by atoms with Crippen LogP contribution in [0.2, 0.25) is 0 Å². The van der Waals surface area contributed by atoms with E-state index >= 15 is 0 Å². The zero-order valence-corrected chi connectivity index (χ0v) is 12.8. The zero-order valence-electron chi connectivity index (χ0n) is 12.8. The van der Waals surface area contributed by atoms with Crippen molar-refractivity contribution in [2.45, 2.75) is 13.8 Å². The van der Waals surface area contributed by atoms with Gasteiger partial charge in [-0.15, -0.1) is 0 Å². The molecule has 1 aromatic heterocycles. The number of hydrogen-bond acceptors (Lipinski definition) is 5. The van der Waals surface area contributed by atoms with Gasteiger partial charge in [0.2, 0.25) is 0 Å². The highest BCUT2D eigenvalue weighted by Crippen LogP contribution is 2.28. The maximum Gasteiger partial charge on any atom is 0.336 e. The number of hydrogen-bond donors (Lipinski definition) is 1. The number of aryl methyl sites for hydroxylation is 2. The van der Waals surface area contributed by atoms with Crippen molar-refractivity contribution < 1.29 is 18.7 Å². The third-order valence-electron chi connectivity index (χ3n) is 3.83. The van der Waals surface area contributed by atoms with Crippen molar-refractivity contribution in [1.29, 1.82) is 0 Å². The van der Waals surface area contributed by atoms with Gasteiger partial charge in [0.25, 0.3) is 5.91 Å². The smallest absolute Gasteiger partial charge is 0.336 e. The van der Waals surface area contributed by atoms with Crippen LogP contribution in [0.25, 0.3) is 11.0 Å². The number of fused-ring (bicyclic) bond motifs is 1. The van der Waals surface area contributed by atoms with E-state index in [1.807, 2.05) is 6.92 Å². The van der Waals surface area contributed by atoms with E-state index in [2.05, 4.69) is 5.32 Å². The van der Waals surface area contributed by atoms with Gasteiger partial charge in [0.05, 0.1) is 0 Å². The van der Waals surface area contributed by atoms with Crippen molar-refractivity contribution in [3.63, 3.8) is 0 Å². The predicted octanol–water partition coefficient (Wildman–Crippen LogP) is 1.34. The maximum absolute atomic E-state index is 12.0. The Bertz CT molecular complexity index is 855. The normalized spacial score (nSPS) is 14.2. The number of ether oxygens (including phenoxy) is 1. The zero-order chi connectivity index (χ0) is 16.6. The fourth-order valence-electron chi connectivity index (χ4n) is 2.58. The van der Waals surface area contributed by atoms with Gasteiger partial charge in [-0.3, -0.25) is 9.69 Å². The third kappa shape index (κ3) is 2.77. The van der Waals surface area contributed by atoms with Gasteiger partial charge in [0.15, 0.2) is 6.61 Å². The Balaban J connectivity index is 1.83. The van der Waals surface area contributed by atoms with Crippen LogP contribution in [0.4, 0.5) is 4.79 Å². The van der Waals surface area contributed by atoms with Gasteiger partial charge >= 0.3 is 11.7 Å². The Hall–Kier alpha value is -2.83. The minimum atomic E-state index is -0.430. The molecule has 1 fully saturated rings. The van der Waals surface area contributed by atoms with Crippen LogP contribution in [0, 0.1) is 13.8 Å². The summed E-state index contributed by atoms with van der Waals surface area (Å²) in [5.74, 6) is 0.0318. The van der Waals surface area contributed by atoms with Gasteiger partial charge in [-0.25, -0.2) is 9.59 Å². The van der Waals surface area contributed by atoms with Gasteiger partial charge in [-0.1, -0.05) is 0 Å². The van der Waals surface area contributed by atoms with Crippen molar-refractivity contribution in [3.05, 3.63) is 39.7 Å². The quantitative estimate of drug-likeness (QED) is 0.863. The molecule has 0 saturated carbocycles. The van der Waals surface area contributed by atoms with Crippen LogP contribution in [-0.4, -0.2) is 36.5 Å². The lowest BCUT2D eigenvalue weighted by Gasteiger charge is -2.14. The molecule has 7 heteroatoms. The van der Waals surface area contributed by atoms with E-state index in [4.69, 9.17) is 9.15 Å². The Labute approximate surface area is 131 Å². The SMILES string of the molecule is Cc1cc(=O)oc2c(C)c(OCC(=O)N3CCNC3=O)ccc12. The van der Waals surface area contributed by atoms with E-state index in [1.165, 1.54) is 6.07 Å². The highest BCUT2D eigenvalue weighted by Gasteiger charge is 2.26. The minimum absolute atomic E-state index is 0.254. The number of urea groups is 1. The topological polar surface area (TPSA) is 88.8 Å². The molecule has 2 aromatic rings. The molecule has 1 aliphatic rings. The molecular formula is C16H16N2O5. The fraction of sp³-hybridized carbons (Fsp3) is 0.312. The maximum atomic E-state index is 12.0. The molecular weight excluding hydrogens is 300 g/mol. The fourth-order valence-corrected chi connectivity index (χ4v) is 2.58. The van der Waals surface area contributed by atoms with Crippen LogP contribution in [0.3, 0.4) is 0 Å². The average molecular weight is 316 g/mol. The summed E-state index contributed by atoms with van der Waals surface area (Å²) in [6.07, 6.45) is 0. The molecule has 0 atom stereocenters. The largest absolute Gasteiger partial charge is 0.483 e. The molecule has 0 unspecified atom stereocenters. The monoisotopic (exact) mass is 316 g/mol. The molecule has 3 amide bonds. The van der Waals surface area contributed by atoms with Gasteiger partial charge in [0.1, 0.15) is 11.3 Å². The molecule has 120 valence electrons. The third-order valence-corrected chi connectivity index (χ3v) is 3.83. The van der Waals surface area contributed by atoms with Crippen molar-refractivity contribution in [1.82, 2.24) is 10.2 Å². The lowest BCUT2D eigenvalue weighted by molar-refractivity contribution is -0.129. The lowest BCUT2D eigenvalue weighted by Crippen LogP contribution is -2.37. The van der Waals surface area contributed by atoms with Crippen molar-refractivity contribution in [2.24, 2.45) is 0 Å². The summed E-state index contributed by atoms with van der Waals surface area (Å²) in [7, 11) is 0. The Morgan fingerprint density at radius 2 is 2.13 bits per heavy atom. The van der Waals surface area contributed by atoms with Crippen LogP contribution in [0.15, 0.2) is 27.4 Å². The van der Waals surface area contributed by atoms with Gasteiger partial charge in [0, 0.05) is 30.1 Å². The molecule has 2 heterocycles. The molecule has 0 spiro atoms. The lowest BCUT2D eigenvalue weighted by atomic mass is 10.1. The first kappa shape index (κ1) is 15.1. The number of nitrogens with zero attached hydrogens (tertiary/aromatic N) is 1. The van der Waals surface area contributed by atoms with Crippen LogP contribution < -0.4 is 15.7 Å². The second kappa shape index (κ2) is 5.75. The molecule has 0 radical (unpaired) electrons. The molecule has 23 heavy (non-hydrogen) atoms. The summed E-state index contributed by atoms with van der Waals surface area (Å²) < 4.78 is 10.8. The number of amides is 3. The first-order valence-corrected chi connectivity index (χ1v) is 7.22. The van der Waals surface area contributed by atoms with E-state index in [-0.39, 0.29) is 6.61 Å². The number of carbonyl (C=O) groups is 2. The molecule has 1 aromatic carbocycles. The van der Waals surface area contributed by atoms with Gasteiger partial charge < -0.3 is 14.5 Å². The second-order valence-electron chi connectivity index (χ2n) is 5.38. The molecule has 1 saturated heterocycles. The number of imide groups is 1. The molecule has 0 aliphatic carbocycles. The predicted molar refractivity (Wildman–Crippen MR) is 82.6 cm³/mol. The average Bonchev–Trinajstić information content (AvgIpc) is 2.93. The first-order valence-electron chi connectivity index (χ1n) is 7.22. The summed E-state index contributed by atoms with van der Waals surface area (Å²) in [4.78, 5) is 36.1. The highest BCUT2D eigenvalue weighted by molar-refractivity contribution is 5.96. The van der Waals surface area contributed by atoms with E-state index in [0.717, 1.165) is 15.8 Å². The van der Waals surface area contributed by atoms with Gasteiger partial charge in [-0.05, 0) is 31.5 Å². The standard InChI is InChI=1S/C16H16N2O5/c1-9-7-14(20)23-15-10(2)12(4-3-11(9)15)22-8-13(19)18-6-5-17-16(18)21/h3-4,7H,5-6,8H2,1-2H3,(H,17,21). The van der Waals surface area contributed by atoms with Crippen LogP contribution in [0.1, 0.15) is 11.1 Å². The van der Waals surface area contributed by atoms with Crippen LogP contribution in [-0.2, 0) is 4.79 Å². The summed E-state index contributed by atoms with van der Waals surface area (Å²) in [5.41, 5.74) is 1.47. The van der Waals surface area contributed by atoms with Crippen LogP contribution in [0.5, 0.6) is 5.75 Å². The number of nitrogens with one attached hydrogen (secondary N) is 1. The number of rotatable bonds is 3. The molecule has 0 bridgehead atoms. The number of carbonyl (C=O) groups excluding carboxylic acids is 2. The van der Waals surface area contributed by atoms with Gasteiger partial charge in [-0.2, -0.15) is 0 Å². The summed E-state index contributed by atoms with van der Waals surface area (Å²) in [6.45, 7) is 4.12. The van der Waals surface area contributed by atoms with E-state index in [0.29, 0.717) is 30.0 Å². The molecule has 3 rings (SSSR count). The number of benzene rings is 1. The van der Waals surface area contributed by atoms with Crippen molar-refractivity contribution in [2.75, 3.05) is 19.7 Å². The Morgan fingerprint density at radius 3 is 2.83 bits per heavy atom. The summed E-state index contributed by atoms with van der Waals surface area (Å²) in [5, 5.41) is 3.38. The van der Waals surface area contributed by atoms with E-state index < -0.39 is 17.6 Å². The van der Waals surface area contributed by atoms with E-state index in [1.54, 1.807) is 19.1 Å². The van der Waals surface area contributed by atoms with Crippen molar-refractivity contribution >= 4 is 22.9 Å². The molecule has 1 aliphatic heterocycles. The minimum Gasteiger partial charge on any atom is -0.483 e. The van der Waals surface area contributed by atoms with E-state index in [9.17, 15) is 14.4 Å². The molecule has 7 nitrogen and oxygen atoms in total. The molecule has 1 N–H and O–H groups in total. The Morgan fingerprint density at radius 1 is 1.35 bits per heavy atom. The Kier molecular flexibility index (Phi) is 3.77.